The maximum absolute atomic E-state index is 11.3. The van der Waals surface area contributed by atoms with E-state index in [-0.39, 0.29) is 5.91 Å². The van der Waals surface area contributed by atoms with E-state index in [1.807, 2.05) is 30.0 Å². The van der Waals surface area contributed by atoms with Gasteiger partial charge in [-0.3, -0.25) is 4.79 Å². The van der Waals surface area contributed by atoms with Gasteiger partial charge >= 0.3 is 0 Å². The Hall–Kier alpha value is -1.00. The summed E-state index contributed by atoms with van der Waals surface area (Å²) in [6.07, 6.45) is 2.51. The minimum Gasteiger partial charge on any atom is -0.366 e. The van der Waals surface area contributed by atoms with Crippen LogP contribution in [0, 0.1) is 0 Å². The van der Waals surface area contributed by atoms with Crippen molar-refractivity contribution in [2.45, 2.75) is 25.4 Å². The highest BCUT2D eigenvalue weighted by atomic mass is 32.2. The molecule has 0 aliphatic carbocycles. The Balaban J connectivity index is 1.96. The van der Waals surface area contributed by atoms with Crippen LogP contribution in [0.1, 0.15) is 28.8 Å². The lowest BCUT2D eigenvalue weighted by Crippen LogP contribution is -2.33. The van der Waals surface area contributed by atoms with E-state index in [0.29, 0.717) is 11.6 Å². The standard InChI is InChI=1S/C13H18N2OS/c14-13(16)12-6-2-1-4-10(12)8-15-11-5-3-7-17-9-11/h1-2,4,6,11,15H,3,5,7-9H2,(H2,14,16). The number of amides is 1. The summed E-state index contributed by atoms with van der Waals surface area (Å²) in [5.41, 5.74) is 6.98. The summed E-state index contributed by atoms with van der Waals surface area (Å²) in [4.78, 5) is 11.3. The van der Waals surface area contributed by atoms with Crippen molar-refractivity contribution in [1.82, 2.24) is 5.32 Å². The average Bonchev–Trinajstić information content (AvgIpc) is 2.38. The Morgan fingerprint density at radius 3 is 3.00 bits per heavy atom. The number of nitrogens with one attached hydrogen (secondary N) is 1. The van der Waals surface area contributed by atoms with Crippen molar-refractivity contribution < 1.29 is 4.79 Å². The second kappa shape index (κ2) is 6.07. The quantitative estimate of drug-likeness (QED) is 0.856. The highest BCUT2D eigenvalue weighted by Gasteiger charge is 2.14. The molecule has 1 heterocycles. The van der Waals surface area contributed by atoms with Gasteiger partial charge in [-0.05, 0) is 30.2 Å². The summed E-state index contributed by atoms with van der Waals surface area (Å²) < 4.78 is 0. The van der Waals surface area contributed by atoms with Crippen LogP contribution in [0.25, 0.3) is 0 Å². The van der Waals surface area contributed by atoms with E-state index in [4.69, 9.17) is 5.73 Å². The molecule has 0 aromatic heterocycles. The topological polar surface area (TPSA) is 55.1 Å². The normalized spacial score (nSPS) is 20.1. The van der Waals surface area contributed by atoms with Gasteiger partial charge in [0.15, 0.2) is 0 Å². The van der Waals surface area contributed by atoms with Crippen LogP contribution in [0.4, 0.5) is 0 Å². The van der Waals surface area contributed by atoms with Gasteiger partial charge in [0.1, 0.15) is 0 Å². The van der Waals surface area contributed by atoms with Crippen molar-refractivity contribution >= 4 is 17.7 Å². The minimum atomic E-state index is -0.347. The Kier molecular flexibility index (Phi) is 4.45. The molecule has 0 bridgehead atoms. The maximum atomic E-state index is 11.3. The molecule has 0 radical (unpaired) electrons. The smallest absolute Gasteiger partial charge is 0.249 e. The number of benzene rings is 1. The molecule has 1 aliphatic heterocycles. The average molecular weight is 250 g/mol. The van der Waals surface area contributed by atoms with Crippen molar-refractivity contribution in [3.05, 3.63) is 35.4 Å². The van der Waals surface area contributed by atoms with Gasteiger partial charge in [0.2, 0.25) is 5.91 Å². The Morgan fingerprint density at radius 2 is 2.29 bits per heavy atom. The summed E-state index contributed by atoms with van der Waals surface area (Å²) in [7, 11) is 0. The van der Waals surface area contributed by atoms with Gasteiger partial charge in [-0.1, -0.05) is 18.2 Å². The molecule has 2 rings (SSSR count). The van der Waals surface area contributed by atoms with Gasteiger partial charge in [0.05, 0.1) is 0 Å². The molecule has 1 fully saturated rings. The lowest BCUT2D eigenvalue weighted by atomic mass is 10.1. The zero-order chi connectivity index (χ0) is 12.1. The van der Waals surface area contributed by atoms with Crippen LogP contribution in [0.15, 0.2) is 24.3 Å². The lowest BCUT2D eigenvalue weighted by Gasteiger charge is -2.23. The van der Waals surface area contributed by atoms with Crippen LogP contribution in [0.3, 0.4) is 0 Å². The third-order valence-corrected chi connectivity index (χ3v) is 4.24. The number of primary amides is 1. The molecule has 1 aromatic rings. The summed E-state index contributed by atoms with van der Waals surface area (Å²) in [5, 5.41) is 3.50. The van der Waals surface area contributed by atoms with Gasteiger partial charge in [0, 0.05) is 23.9 Å². The summed E-state index contributed by atoms with van der Waals surface area (Å²) in [6, 6.07) is 8.10. The van der Waals surface area contributed by atoms with E-state index in [2.05, 4.69) is 5.32 Å². The minimum absolute atomic E-state index is 0.347. The summed E-state index contributed by atoms with van der Waals surface area (Å²) in [5.74, 6) is 2.09. The van der Waals surface area contributed by atoms with Crippen molar-refractivity contribution in [3.8, 4) is 0 Å². The van der Waals surface area contributed by atoms with Crippen molar-refractivity contribution in [3.63, 3.8) is 0 Å². The first-order valence-corrected chi connectivity index (χ1v) is 7.11. The molecule has 0 saturated carbocycles. The second-order valence-corrected chi connectivity index (χ2v) is 5.47. The number of thioether (sulfide) groups is 1. The molecule has 1 atom stereocenters. The van der Waals surface area contributed by atoms with Crippen LogP contribution in [0.5, 0.6) is 0 Å². The highest BCUT2D eigenvalue weighted by Crippen LogP contribution is 2.17. The molecule has 1 aromatic carbocycles. The Bertz CT molecular complexity index is 389. The maximum Gasteiger partial charge on any atom is 0.249 e. The van der Waals surface area contributed by atoms with Crippen LogP contribution in [-0.2, 0) is 6.54 Å². The van der Waals surface area contributed by atoms with Crippen LogP contribution in [-0.4, -0.2) is 23.5 Å². The fraction of sp³-hybridized carbons (Fsp3) is 0.462. The largest absolute Gasteiger partial charge is 0.366 e. The summed E-state index contributed by atoms with van der Waals surface area (Å²) >= 11 is 1.99. The van der Waals surface area contributed by atoms with E-state index in [1.165, 1.54) is 24.3 Å². The first kappa shape index (κ1) is 12.5. The van der Waals surface area contributed by atoms with Crippen molar-refractivity contribution in [1.29, 1.82) is 0 Å². The fourth-order valence-corrected chi connectivity index (χ4v) is 3.18. The monoisotopic (exact) mass is 250 g/mol. The van der Waals surface area contributed by atoms with E-state index in [1.54, 1.807) is 6.07 Å². The number of hydrogen-bond acceptors (Lipinski definition) is 3. The van der Waals surface area contributed by atoms with Gasteiger partial charge in [-0.2, -0.15) is 11.8 Å². The molecule has 3 nitrogen and oxygen atoms in total. The zero-order valence-electron chi connectivity index (χ0n) is 9.82. The summed E-state index contributed by atoms with van der Waals surface area (Å²) in [6.45, 7) is 0.727. The van der Waals surface area contributed by atoms with Gasteiger partial charge in [-0.25, -0.2) is 0 Å². The molecule has 1 aliphatic rings. The number of rotatable bonds is 4. The molecule has 1 unspecified atom stereocenters. The number of nitrogens with two attached hydrogens (primary N) is 1. The molecule has 17 heavy (non-hydrogen) atoms. The molecule has 4 heteroatoms. The molecule has 0 spiro atoms. The molecular formula is C13H18N2OS. The Morgan fingerprint density at radius 1 is 1.47 bits per heavy atom. The Labute approximate surface area is 106 Å². The molecule has 1 amide bonds. The number of carbonyl (C=O) groups excluding carboxylic acids is 1. The lowest BCUT2D eigenvalue weighted by molar-refractivity contribution is 0.0999. The first-order chi connectivity index (χ1) is 8.27. The van der Waals surface area contributed by atoms with Gasteiger partial charge in [0.25, 0.3) is 0 Å². The highest BCUT2D eigenvalue weighted by molar-refractivity contribution is 7.99. The van der Waals surface area contributed by atoms with Gasteiger partial charge in [-0.15, -0.1) is 0 Å². The SMILES string of the molecule is NC(=O)c1ccccc1CNC1CCCSC1. The number of hydrogen-bond donors (Lipinski definition) is 2. The van der Waals surface area contributed by atoms with Crippen LogP contribution >= 0.6 is 11.8 Å². The van der Waals surface area contributed by atoms with Crippen LogP contribution in [0.2, 0.25) is 0 Å². The van der Waals surface area contributed by atoms with E-state index >= 15 is 0 Å². The molecule has 3 N–H and O–H groups in total. The predicted octanol–water partition coefficient (Wildman–Crippen LogP) is 1.77. The van der Waals surface area contributed by atoms with Crippen molar-refractivity contribution in [2.24, 2.45) is 5.73 Å². The van der Waals surface area contributed by atoms with Gasteiger partial charge < -0.3 is 11.1 Å². The second-order valence-electron chi connectivity index (χ2n) is 4.32. The van der Waals surface area contributed by atoms with E-state index < -0.39 is 0 Å². The predicted molar refractivity (Wildman–Crippen MR) is 72.1 cm³/mol. The third kappa shape index (κ3) is 3.48. The van der Waals surface area contributed by atoms with Crippen LogP contribution < -0.4 is 11.1 Å². The zero-order valence-corrected chi connectivity index (χ0v) is 10.6. The fourth-order valence-electron chi connectivity index (χ4n) is 2.07. The molecule has 92 valence electrons. The first-order valence-electron chi connectivity index (χ1n) is 5.96. The third-order valence-electron chi connectivity index (χ3n) is 3.02. The number of carbonyl (C=O) groups is 1. The van der Waals surface area contributed by atoms with E-state index in [0.717, 1.165) is 12.1 Å². The molecular weight excluding hydrogens is 232 g/mol. The van der Waals surface area contributed by atoms with Crippen molar-refractivity contribution in [2.75, 3.05) is 11.5 Å². The molecule has 1 saturated heterocycles. The van der Waals surface area contributed by atoms with E-state index in [9.17, 15) is 4.79 Å².